The third kappa shape index (κ3) is 3.12. The zero-order chi connectivity index (χ0) is 9.68. The molecule has 0 heterocycles. The summed E-state index contributed by atoms with van der Waals surface area (Å²) in [6.07, 6.45) is 5.61. The van der Waals surface area contributed by atoms with Gasteiger partial charge in [-0.25, -0.2) is 0 Å². The highest BCUT2D eigenvalue weighted by atomic mass is 16.5. The lowest BCUT2D eigenvalue weighted by Gasteiger charge is -2.31. The number of rotatable bonds is 4. The first-order chi connectivity index (χ1) is 6.27. The molecule has 3 atom stereocenters. The van der Waals surface area contributed by atoms with E-state index in [-0.39, 0.29) is 12.2 Å². The largest absolute Gasteiger partial charge is 0.390 e. The van der Waals surface area contributed by atoms with Crippen LogP contribution in [-0.4, -0.2) is 23.9 Å². The Kier molecular flexibility index (Phi) is 4.46. The number of hydrogen-bond acceptors (Lipinski definition) is 2. The molecule has 0 saturated heterocycles. The summed E-state index contributed by atoms with van der Waals surface area (Å²) in [6, 6.07) is 0. The molecular formula is C11H20O2. The number of ether oxygens (including phenoxy) is 1. The van der Waals surface area contributed by atoms with E-state index in [1.807, 2.05) is 6.08 Å². The molecule has 0 aromatic heterocycles. The van der Waals surface area contributed by atoms with Crippen LogP contribution in [0.5, 0.6) is 0 Å². The molecule has 1 N–H and O–H groups in total. The maximum absolute atomic E-state index is 9.65. The van der Waals surface area contributed by atoms with E-state index in [1.165, 1.54) is 0 Å². The van der Waals surface area contributed by atoms with Gasteiger partial charge in [-0.15, -0.1) is 6.58 Å². The lowest BCUT2D eigenvalue weighted by Crippen LogP contribution is -2.35. The molecular weight excluding hydrogens is 164 g/mol. The van der Waals surface area contributed by atoms with Crippen LogP contribution >= 0.6 is 0 Å². The predicted octanol–water partition coefficient (Wildman–Crippen LogP) is 2.13. The number of aliphatic hydroxyl groups is 1. The van der Waals surface area contributed by atoms with Crippen LogP contribution in [0.2, 0.25) is 0 Å². The summed E-state index contributed by atoms with van der Waals surface area (Å²) < 4.78 is 5.58. The quantitative estimate of drug-likeness (QED) is 0.678. The highest BCUT2D eigenvalue weighted by Crippen LogP contribution is 2.27. The van der Waals surface area contributed by atoms with E-state index in [4.69, 9.17) is 4.74 Å². The zero-order valence-electron chi connectivity index (χ0n) is 8.41. The monoisotopic (exact) mass is 184 g/mol. The fourth-order valence-electron chi connectivity index (χ4n) is 1.81. The van der Waals surface area contributed by atoms with E-state index in [9.17, 15) is 5.11 Å². The van der Waals surface area contributed by atoms with E-state index < -0.39 is 0 Å². The van der Waals surface area contributed by atoms with Gasteiger partial charge in [-0.2, -0.15) is 0 Å². The van der Waals surface area contributed by atoms with Gasteiger partial charge in [0.1, 0.15) is 0 Å². The van der Waals surface area contributed by atoms with Crippen molar-refractivity contribution in [3.05, 3.63) is 12.7 Å². The van der Waals surface area contributed by atoms with Crippen LogP contribution in [0, 0.1) is 5.92 Å². The average molecular weight is 184 g/mol. The van der Waals surface area contributed by atoms with Crippen LogP contribution in [0.3, 0.4) is 0 Å². The predicted molar refractivity (Wildman–Crippen MR) is 53.6 cm³/mol. The molecule has 0 spiro atoms. The third-order valence-electron chi connectivity index (χ3n) is 2.67. The van der Waals surface area contributed by atoms with Gasteiger partial charge < -0.3 is 9.84 Å². The minimum absolute atomic E-state index is 0.0386. The summed E-state index contributed by atoms with van der Waals surface area (Å²) in [4.78, 5) is 0. The topological polar surface area (TPSA) is 29.5 Å². The van der Waals surface area contributed by atoms with Crippen LogP contribution in [0.1, 0.15) is 32.6 Å². The molecule has 1 aliphatic rings. The standard InChI is InChI=1S/C11H20O2/c1-3-7-13-11-8-9(4-2)5-6-10(11)12/h4,9-12H,2-3,5-8H2,1H3/t9-,10-,11-/m1/s1. The van der Waals surface area contributed by atoms with Crippen molar-refractivity contribution in [1.82, 2.24) is 0 Å². The van der Waals surface area contributed by atoms with Crippen LogP contribution in [0.15, 0.2) is 12.7 Å². The minimum Gasteiger partial charge on any atom is -0.390 e. The molecule has 0 amide bonds. The van der Waals surface area contributed by atoms with Crippen LogP contribution in [0.25, 0.3) is 0 Å². The molecule has 2 nitrogen and oxygen atoms in total. The van der Waals surface area contributed by atoms with Gasteiger partial charge in [-0.1, -0.05) is 13.0 Å². The lowest BCUT2D eigenvalue weighted by atomic mass is 9.85. The maximum atomic E-state index is 9.65. The number of hydrogen-bond donors (Lipinski definition) is 1. The summed E-state index contributed by atoms with van der Waals surface area (Å²) in [5.74, 6) is 0.533. The molecule has 0 aromatic carbocycles. The van der Waals surface area contributed by atoms with Gasteiger partial charge in [-0.3, -0.25) is 0 Å². The van der Waals surface area contributed by atoms with Crippen molar-refractivity contribution < 1.29 is 9.84 Å². The molecule has 0 radical (unpaired) electrons. The summed E-state index contributed by atoms with van der Waals surface area (Å²) in [6.45, 7) is 6.63. The second-order valence-electron chi connectivity index (χ2n) is 3.79. The van der Waals surface area contributed by atoms with Crippen molar-refractivity contribution in [2.75, 3.05) is 6.61 Å². The Morgan fingerprint density at radius 2 is 2.31 bits per heavy atom. The smallest absolute Gasteiger partial charge is 0.0839 e. The molecule has 13 heavy (non-hydrogen) atoms. The first-order valence-electron chi connectivity index (χ1n) is 5.20. The van der Waals surface area contributed by atoms with Crippen LogP contribution in [0.4, 0.5) is 0 Å². The van der Waals surface area contributed by atoms with Gasteiger partial charge >= 0.3 is 0 Å². The zero-order valence-corrected chi connectivity index (χ0v) is 8.41. The molecule has 0 unspecified atom stereocenters. The summed E-state index contributed by atoms with van der Waals surface area (Å²) >= 11 is 0. The Bertz CT molecular complexity index is 156. The highest BCUT2D eigenvalue weighted by Gasteiger charge is 2.27. The molecule has 0 aliphatic heterocycles. The molecule has 1 aliphatic carbocycles. The minimum atomic E-state index is -0.261. The van der Waals surface area contributed by atoms with Gasteiger partial charge in [0.05, 0.1) is 12.2 Å². The molecule has 0 aromatic rings. The fraction of sp³-hybridized carbons (Fsp3) is 0.818. The van der Waals surface area contributed by atoms with E-state index >= 15 is 0 Å². The first kappa shape index (κ1) is 10.7. The van der Waals surface area contributed by atoms with Crippen molar-refractivity contribution in [1.29, 1.82) is 0 Å². The Morgan fingerprint density at radius 3 is 2.92 bits per heavy atom. The van der Waals surface area contributed by atoms with Crippen molar-refractivity contribution in [2.24, 2.45) is 5.92 Å². The average Bonchev–Trinajstić information content (AvgIpc) is 2.17. The summed E-state index contributed by atoms with van der Waals surface area (Å²) in [7, 11) is 0. The van der Waals surface area contributed by atoms with Gasteiger partial charge in [0, 0.05) is 6.61 Å². The Hall–Kier alpha value is -0.340. The molecule has 2 heteroatoms. The molecule has 1 rings (SSSR count). The summed E-state index contributed by atoms with van der Waals surface area (Å²) in [5, 5.41) is 9.65. The lowest BCUT2D eigenvalue weighted by molar-refractivity contribution is -0.0661. The van der Waals surface area contributed by atoms with Gasteiger partial charge in [0.15, 0.2) is 0 Å². The van der Waals surface area contributed by atoms with Crippen molar-refractivity contribution >= 4 is 0 Å². The third-order valence-corrected chi connectivity index (χ3v) is 2.67. The van der Waals surface area contributed by atoms with Crippen LogP contribution in [-0.2, 0) is 4.74 Å². The van der Waals surface area contributed by atoms with Crippen molar-refractivity contribution in [2.45, 2.75) is 44.8 Å². The molecule has 0 bridgehead atoms. The second kappa shape index (κ2) is 5.40. The molecule has 76 valence electrons. The van der Waals surface area contributed by atoms with E-state index in [0.29, 0.717) is 5.92 Å². The Labute approximate surface area is 80.6 Å². The number of allylic oxidation sites excluding steroid dienone is 1. The SMILES string of the molecule is C=C[C@@H]1CC[C@@H](O)[C@H](OCCC)C1. The second-order valence-corrected chi connectivity index (χ2v) is 3.79. The van der Waals surface area contributed by atoms with Crippen molar-refractivity contribution in [3.8, 4) is 0 Å². The first-order valence-corrected chi connectivity index (χ1v) is 5.20. The Balaban J connectivity index is 2.35. The fourth-order valence-corrected chi connectivity index (χ4v) is 1.81. The molecule has 1 fully saturated rings. The van der Waals surface area contributed by atoms with Gasteiger partial charge in [-0.05, 0) is 31.6 Å². The summed E-state index contributed by atoms with van der Waals surface area (Å²) in [5.41, 5.74) is 0. The van der Waals surface area contributed by atoms with Gasteiger partial charge in [0.25, 0.3) is 0 Å². The van der Waals surface area contributed by atoms with E-state index in [1.54, 1.807) is 0 Å². The number of aliphatic hydroxyl groups excluding tert-OH is 1. The van der Waals surface area contributed by atoms with Crippen LogP contribution < -0.4 is 0 Å². The Morgan fingerprint density at radius 1 is 1.54 bits per heavy atom. The normalized spacial score (nSPS) is 34.5. The molecule has 1 saturated carbocycles. The maximum Gasteiger partial charge on any atom is 0.0839 e. The van der Waals surface area contributed by atoms with E-state index in [0.717, 1.165) is 32.3 Å². The van der Waals surface area contributed by atoms with Gasteiger partial charge in [0.2, 0.25) is 0 Å². The highest BCUT2D eigenvalue weighted by molar-refractivity contribution is 4.88. The van der Waals surface area contributed by atoms with Crippen molar-refractivity contribution in [3.63, 3.8) is 0 Å². The van der Waals surface area contributed by atoms with E-state index in [2.05, 4.69) is 13.5 Å².